The molecule has 1 nitrogen and oxygen atoms in total. The Bertz CT molecular complexity index is 203. The summed E-state index contributed by atoms with van der Waals surface area (Å²) in [6, 6.07) is 0. The predicted octanol–water partition coefficient (Wildman–Crippen LogP) is 3.11. The van der Waals surface area contributed by atoms with E-state index in [4.69, 9.17) is 0 Å². The van der Waals surface area contributed by atoms with Crippen LogP contribution in [0.2, 0.25) is 19.6 Å². The van der Waals surface area contributed by atoms with E-state index in [0.717, 1.165) is 0 Å². The lowest BCUT2D eigenvalue weighted by atomic mass is 11.0. The highest BCUT2D eigenvalue weighted by Gasteiger charge is 2.13. The summed E-state index contributed by atoms with van der Waals surface area (Å²) >= 11 is 3.64. The Morgan fingerprint density at radius 2 is 2.27 bits per heavy atom. The Labute approximate surface area is 77.3 Å². The van der Waals surface area contributed by atoms with Crippen molar-refractivity contribution >= 4 is 31.2 Å². The van der Waals surface area contributed by atoms with Crippen molar-refractivity contribution in [3.05, 3.63) is 11.6 Å². The zero-order valence-electron chi connectivity index (χ0n) is 7.13. The molecule has 0 saturated heterocycles. The second-order valence-electron chi connectivity index (χ2n) is 3.65. The maximum absolute atomic E-state index is 4.22. The van der Waals surface area contributed by atoms with Crippen LogP contribution in [0.3, 0.4) is 0 Å². The number of aromatic nitrogens is 1. The van der Waals surface area contributed by atoms with Gasteiger partial charge < -0.3 is 0 Å². The molecule has 0 fully saturated rings. The molecule has 62 valence electrons. The number of hydrogen-bond acceptors (Lipinski definition) is 3. The number of thioether (sulfide) groups is 1. The van der Waals surface area contributed by atoms with Crippen LogP contribution in [0.25, 0.3) is 0 Å². The molecular weight excluding hydrogens is 190 g/mol. The molecule has 0 radical (unpaired) electrons. The van der Waals surface area contributed by atoms with Gasteiger partial charge in [0.1, 0.15) is 4.34 Å². The Balaban J connectivity index is 2.35. The van der Waals surface area contributed by atoms with Crippen LogP contribution in [0.5, 0.6) is 0 Å². The van der Waals surface area contributed by atoms with E-state index >= 15 is 0 Å². The highest BCUT2D eigenvalue weighted by molar-refractivity contribution is 8.02. The first-order chi connectivity index (χ1) is 5.08. The molecule has 0 N–H and O–H groups in total. The third-order valence-corrected chi connectivity index (χ3v) is 6.64. The van der Waals surface area contributed by atoms with E-state index in [1.807, 2.05) is 23.3 Å². The van der Waals surface area contributed by atoms with Crippen LogP contribution in [0, 0.1) is 0 Å². The highest BCUT2D eigenvalue weighted by atomic mass is 32.2. The van der Waals surface area contributed by atoms with Gasteiger partial charge in [0.2, 0.25) is 0 Å². The second kappa shape index (κ2) is 3.73. The number of thiazole rings is 1. The fraction of sp³-hybridized carbons (Fsp3) is 0.571. The van der Waals surface area contributed by atoms with Gasteiger partial charge in [-0.15, -0.1) is 11.3 Å². The third kappa shape index (κ3) is 3.93. The van der Waals surface area contributed by atoms with Crippen molar-refractivity contribution in [2.45, 2.75) is 24.0 Å². The molecule has 1 aromatic heterocycles. The Kier molecular flexibility index (Phi) is 3.15. The molecule has 0 aliphatic heterocycles. The Morgan fingerprint density at radius 3 is 2.73 bits per heavy atom. The molecular formula is C7H13NS2Si. The molecule has 0 saturated carbocycles. The topological polar surface area (TPSA) is 12.9 Å². The molecule has 1 rings (SSSR count). The summed E-state index contributed by atoms with van der Waals surface area (Å²) in [6.45, 7) is 7.15. The first kappa shape index (κ1) is 9.29. The van der Waals surface area contributed by atoms with Crippen LogP contribution in [-0.4, -0.2) is 18.4 Å². The summed E-state index contributed by atoms with van der Waals surface area (Å²) in [5.74, 6) is 0. The molecule has 0 aliphatic rings. The first-order valence-electron chi connectivity index (χ1n) is 3.60. The molecule has 1 heterocycles. The highest BCUT2D eigenvalue weighted by Crippen LogP contribution is 2.23. The van der Waals surface area contributed by atoms with Crippen LogP contribution in [0.1, 0.15) is 0 Å². The van der Waals surface area contributed by atoms with Gasteiger partial charge >= 0.3 is 0 Å². The fourth-order valence-corrected chi connectivity index (χ4v) is 4.25. The molecule has 0 aromatic carbocycles. The monoisotopic (exact) mass is 203 g/mol. The number of nitrogens with zero attached hydrogens (tertiary/aromatic N) is 1. The summed E-state index contributed by atoms with van der Waals surface area (Å²) in [4.78, 5) is 4.22. The summed E-state index contributed by atoms with van der Waals surface area (Å²) in [7, 11) is -0.884. The molecule has 0 aliphatic carbocycles. The minimum Gasteiger partial charge on any atom is -0.238 e. The molecule has 0 amide bonds. The van der Waals surface area contributed by atoms with Gasteiger partial charge in [-0.2, -0.15) is 0 Å². The lowest BCUT2D eigenvalue weighted by molar-refractivity contribution is 1.25. The second-order valence-corrected chi connectivity index (χ2v) is 11.8. The lowest BCUT2D eigenvalue weighted by Crippen LogP contribution is -2.23. The van der Waals surface area contributed by atoms with Crippen molar-refractivity contribution in [3.63, 3.8) is 0 Å². The molecule has 0 atom stereocenters. The van der Waals surface area contributed by atoms with Gasteiger partial charge in [-0.1, -0.05) is 31.4 Å². The molecule has 0 bridgehead atoms. The van der Waals surface area contributed by atoms with Crippen molar-refractivity contribution in [2.24, 2.45) is 0 Å². The van der Waals surface area contributed by atoms with Crippen LogP contribution >= 0.6 is 23.1 Å². The number of rotatable bonds is 3. The SMILES string of the molecule is C[Si](C)(C)CSc1nccs1. The minimum absolute atomic E-state index is 0.884. The normalized spacial score (nSPS) is 11.9. The Morgan fingerprint density at radius 1 is 1.55 bits per heavy atom. The van der Waals surface area contributed by atoms with Crippen molar-refractivity contribution in [1.82, 2.24) is 4.98 Å². The van der Waals surface area contributed by atoms with E-state index in [1.54, 1.807) is 11.3 Å². The van der Waals surface area contributed by atoms with Crippen LogP contribution in [0.4, 0.5) is 0 Å². The van der Waals surface area contributed by atoms with Gasteiger partial charge in [-0.25, -0.2) is 4.98 Å². The third-order valence-electron chi connectivity index (χ3n) is 1.04. The standard InChI is InChI=1S/C7H13NS2Si/c1-11(2,3)6-10-7-8-4-5-9-7/h4-5H,6H2,1-3H3. The van der Waals surface area contributed by atoms with Crippen molar-refractivity contribution in [2.75, 3.05) is 5.38 Å². The van der Waals surface area contributed by atoms with Gasteiger partial charge in [-0.05, 0) is 5.38 Å². The van der Waals surface area contributed by atoms with Gasteiger partial charge in [0, 0.05) is 11.6 Å². The van der Waals surface area contributed by atoms with Crippen LogP contribution < -0.4 is 0 Å². The van der Waals surface area contributed by atoms with Crippen LogP contribution in [0.15, 0.2) is 15.9 Å². The fourth-order valence-electron chi connectivity index (χ4n) is 0.560. The average molecular weight is 203 g/mol. The summed E-state index contributed by atoms with van der Waals surface area (Å²) in [6.07, 6.45) is 1.87. The maximum Gasteiger partial charge on any atom is 0.149 e. The largest absolute Gasteiger partial charge is 0.238 e. The lowest BCUT2D eigenvalue weighted by Gasteiger charge is -2.12. The quantitative estimate of drug-likeness (QED) is 0.553. The number of hydrogen-bond donors (Lipinski definition) is 0. The minimum atomic E-state index is -0.884. The molecule has 11 heavy (non-hydrogen) atoms. The van der Waals surface area contributed by atoms with Crippen molar-refractivity contribution in [3.8, 4) is 0 Å². The van der Waals surface area contributed by atoms with Crippen molar-refractivity contribution in [1.29, 1.82) is 0 Å². The van der Waals surface area contributed by atoms with E-state index in [9.17, 15) is 0 Å². The van der Waals surface area contributed by atoms with E-state index in [-0.39, 0.29) is 0 Å². The van der Waals surface area contributed by atoms with Gasteiger partial charge in [0.05, 0.1) is 8.07 Å². The van der Waals surface area contributed by atoms with E-state index < -0.39 is 8.07 Å². The molecule has 4 heteroatoms. The van der Waals surface area contributed by atoms with E-state index in [1.165, 1.54) is 9.72 Å². The maximum atomic E-state index is 4.22. The first-order valence-corrected chi connectivity index (χ1v) is 9.17. The van der Waals surface area contributed by atoms with Gasteiger partial charge in [0.25, 0.3) is 0 Å². The summed E-state index contributed by atoms with van der Waals surface area (Å²) in [5, 5.41) is 3.31. The molecule has 1 aromatic rings. The molecule has 0 unspecified atom stereocenters. The zero-order valence-corrected chi connectivity index (χ0v) is 9.76. The smallest absolute Gasteiger partial charge is 0.149 e. The predicted molar refractivity (Wildman–Crippen MR) is 56.2 cm³/mol. The average Bonchev–Trinajstić information content (AvgIpc) is 2.32. The Hall–Kier alpha value is 0.197. The van der Waals surface area contributed by atoms with Crippen molar-refractivity contribution < 1.29 is 0 Å². The van der Waals surface area contributed by atoms with E-state index in [2.05, 4.69) is 24.6 Å². The van der Waals surface area contributed by atoms with Gasteiger partial charge in [-0.3, -0.25) is 0 Å². The zero-order chi connectivity index (χ0) is 8.32. The molecule has 0 spiro atoms. The summed E-state index contributed by atoms with van der Waals surface area (Å²) < 4.78 is 1.22. The summed E-state index contributed by atoms with van der Waals surface area (Å²) in [5.41, 5.74) is 0. The van der Waals surface area contributed by atoms with Crippen LogP contribution in [-0.2, 0) is 0 Å². The van der Waals surface area contributed by atoms with Gasteiger partial charge in [0.15, 0.2) is 0 Å². The van der Waals surface area contributed by atoms with E-state index in [0.29, 0.717) is 0 Å².